The summed E-state index contributed by atoms with van der Waals surface area (Å²) in [5.74, 6) is 3.00. The van der Waals surface area contributed by atoms with Crippen LogP contribution in [-0.2, 0) is 229 Å². The standard InChI is InChI=1S/C7H14.C3H7.7Y/c1-6(2)5-7(3)4;1-3-2;;;;;;;/h5H2,1-4H3;3H,1-2H3;;;;;;;/q-2;-1;;;;;;;. The molecule has 0 spiro atoms. The van der Waals surface area contributed by atoms with Gasteiger partial charge in [-0.3, -0.25) is 0 Å². The summed E-state index contributed by atoms with van der Waals surface area (Å²) in [6, 6.07) is 0. The van der Waals surface area contributed by atoms with Crippen LogP contribution in [0.3, 0.4) is 0 Å². The molecule has 0 N–H and O–H groups in total. The zero-order valence-electron chi connectivity index (χ0n) is 12.3. The molecule has 17 heavy (non-hydrogen) atoms. The molecular weight excluding hydrogens is 742 g/mol. The van der Waals surface area contributed by atoms with E-state index in [1.54, 1.807) is 0 Å². The Morgan fingerprint density at radius 1 is 0.588 bits per heavy atom. The van der Waals surface area contributed by atoms with E-state index in [4.69, 9.17) is 0 Å². The van der Waals surface area contributed by atoms with Gasteiger partial charge in [0.25, 0.3) is 0 Å². The maximum absolute atomic E-state index is 2.16. The van der Waals surface area contributed by atoms with Crippen molar-refractivity contribution in [2.45, 2.75) is 48.0 Å². The fourth-order valence-corrected chi connectivity index (χ4v) is 0.707. The Morgan fingerprint density at radius 3 is 0.706 bits per heavy atom. The van der Waals surface area contributed by atoms with E-state index < -0.39 is 0 Å². The number of hydrogen-bond donors (Lipinski definition) is 0. The quantitative estimate of drug-likeness (QED) is 0.376. The van der Waals surface area contributed by atoms with Gasteiger partial charge in [0.2, 0.25) is 0 Å². The van der Waals surface area contributed by atoms with E-state index >= 15 is 0 Å². The summed E-state index contributed by atoms with van der Waals surface area (Å²) in [5.41, 5.74) is 0. The van der Waals surface area contributed by atoms with Crippen molar-refractivity contribution in [3.63, 3.8) is 0 Å². The smallest absolute Gasteiger partial charge is 0 e. The number of rotatable bonds is 2. The summed E-state index contributed by atoms with van der Waals surface area (Å²) < 4.78 is 0. The normalized spacial score (nSPS) is 5.65. The van der Waals surface area contributed by atoms with Crippen molar-refractivity contribution in [1.82, 2.24) is 0 Å². The van der Waals surface area contributed by atoms with Crippen LogP contribution in [0.2, 0.25) is 0 Å². The molecule has 0 aromatic rings. The van der Waals surface area contributed by atoms with Crippen LogP contribution < -0.4 is 0 Å². The van der Waals surface area contributed by atoms with E-state index in [1.807, 2.05) is 20.3 Å². The van der Waals surface area contributed by atoms with Crippen molar-refractivity contribution in [2.75, 3.05) is 0 Å². The van der Waals surface area contributed by atoms with E-state index in [0.29, 0.717) is 0 Å². The van der Waals surface area contributed by atoms with Crippen molar-refractivity contribution < 1.29 is 229 Å². The van der Waals surface area contributed by atoms with Gasteiger partial charge in [0.05, 0.1) is 0 Å². The van der Waals surface area contributed by atoms with E-state index in [2.05, 4.69) is 27.7 Å². The first-order valence-corrected chi connectivity index (χ1v) is 3.86. The molecule has 0 unspecified atom stereocenters. The second kappa shape index (κ2) is 49.5. The molecule has 7 heteroatoms. The SMILES string of the molecule is C[C-](C)C[C-](C)C.C[CH-]C.[Y].[Y].[Y].[Y].[Y].[Y].[Y]. The average molecular weight is 764 g/mol. The van der Waals surface area contributed by atoms with Crippen LogP contribution in [0.15, 0.2) is 0 Å². The molecule has 0 aliphatic rings. The van der Waals surface area contributed by atoms with Crippen LogP contribution in [0.1, 0.15) is 48.0 Å². The topological polar surface area (TPSA) is 0 Å². The van der Waals surface area contributed by atoms with E-state index in [-0.39, 0.29) is 229 Å². The summed E-state index contributed by atoms with van der Waals surface area (Å²) in [7, 11) is 0. The monoisotopic (exact) mass is 764 g/mol. The molecule has 0 saturated heterocycles. The van der Waals surface area contributed by atoms with Crippen LogP contribution in [-0.4, -0.2) is 0 Å². The van der Waals surface area contributed by atoms with Crippen LogP contribution in [0.4, 0.5) is 0 Å². The first-order valence-electron chi connectivity index (χ1n) is 3.86. The molecule has 0 heterocycles. The first-order chi connectivity index (χ1) is 4.54. The van der Waals surface area contributed by atoms with Crippen LogP contribution in [0.5, 0.6) is 0 Å². The minimum atomic E-state index is 0. The molecule has 0 aliphatic heterocycles. The Bertz CT molecular complexity index is 54.6. The van der Waals surface area contributed by atoms with Crippen molar-refractivity contribution in [3.05, 3.63) is 18.3 Å². The molecule has 0 amide bonds. The zero-order chi connectivity index (χ0) is 8.57. The fourth-order valence-electron chi connectivity index (χ4n) is 0.707. The van der Waals surface area contributed by atoms with Gasteiger partial charge in [-0.25, -0.2) is 0 Å². The molecule has 7 radical (unpaired) electrons. The summed E-state index contributed by atoms with van der Waals surface area (Å²) >= 11 is 0. The van der Waals surface area contributed by atoms with Crippen molar-refractivity contribution in [3.8, 4) is 0 Å². The van der Waals surface area contributed by atoms with Gasteiger partial charge in [-0.1, -0.05) is 0 Å². The molecule has 0 aromatic carbocycles. The Kier molecular flexibility index (Phi) is 164. The molecule has 0 nitrogen and oxygen atoms in total. The maximum atomic E-state index is 2.16. The van der Waals surface area contributed by atoms with Crippen LogP contribution in [0, 0.1) is 18.3 Å². The molecule has 0 aliphatic carbocycles. The third-order valence-corrected chi connectivity index (χ3v) is 0.707. The molecular formula is C10H21Y7-3. The Labute approximate surface area is 287 Å². The Morgan fingerprint density at radius 2 is 0.706 bits per heavy atom. The van der Waals surface area contributed by atoms with E-state index in [0.717, 1.165) is 0 Å². The molecule has 85 valence electrons. The van der Waals surface area contributed by atoms with Crippen LogP contribution >= 0.6 is 0 Å². The van der Waals surface area contributed by atoms with Crippen molar-refractivity contribution in [2.24, 2.45) is 0 Å². The Hall–Kier alpha value is 7.73. The summed E-state index contributed by atoms with van der Waals surface area (Å²) in [5, 5.41) is 0. The van der Waals surface area contributed by atoms with Gasteiger partial charge < -0.3 is 24.7 Å². The van der Waals surface area contributed by atoms with Gasteiger partial charge in [0, 0.05) is 229 Å². The molecule has 0 aromatic heterocycles. The minimum Gasteiger partial charge on any atom is -0.348 e. The minimum absolute atomic E-state index is 0. The zero-order valence-corrected chi connectivity index (χ0v) is 32.2. The maximum Gasteiger partial charge on any atom is 0 e. The predicted octanol–water partition coefficient (Wildman–Crippen LogP) is 3.82. The summed E-state index contributed by atoms with van der Waals surface area (Å²) in [6.45, 7) is 12.6. The molecule has 0 rings (SSSR count). The van der Waals surface area contributed by atoms with Crippen LogP contribution in [0.25, 0.3) is 0 Å². The van der Waals surface area contributed by atoms with Crippen molar-refractivity contribution in [1.29, 1.82) is 0 Å². The van der Waals surface area contributed by atoms with Gasteiger partial charge in [0.15, 0.2) is 0 Å². The molecule has 0 fully saturated rings. The van der Waals surface area contributed by atoms with Gasteiger partial charge in [-0.2, -0.15) is 41.5 Å². The second-order valence-corrected chi connectivity index (χ2v) is 3.17. The third-order valence-electron chi connectivity index (χ3n) is 0.707. The average Bonchev–Trinajstić information content (AvgIpc) is 1.62. The summed E-state index contributed by atoms with van der Waals surface area (Å²) in [4.78, 5) is 0. The van der Waals surface area contributed by atoms with Gasteiger partial charge in [-0.15, -0.1) is 0 Å². The largest absolute Gasteiger partial charge is 0.348 e. The fraction of sp³-hybridized carbons (Fsp3) is 0.700. The molecule has 0 bridgehead atoms. The predicted molar refractivity (Wildman–Crippen MR) is 49.4 cm³/mol. The van der Waals surface area contributed by atoms with E-state index in [1.165, 1.54) is 18.3 Å². The van der Waals surface area contributed by atoms with E-state index in [9.17, 15) is 0 Å². The molecule has 0 saturated carbocycles. The van der Waals surface area contributed by atoms with Gasteiger partial charge >= 0.3 is 0 Å². The van der Waals surface area contributed by atoms with Gasteiger partial charge in [-0.05, 0) is 0 Å². The second-order valence-electron chi connectivity index (χ2n) is 3.17. The third kappa shape index (κ3) is 81.4. The Balaban J connectivity index is -0.00000000849. The number of hydrogen-bond acceptors (Lipinski definition) is 0. The summed E-state index contributed by atoms with van der Waals surface area (Å²) in [6.07, 6.45) is 3.19. The first kappa shape index (κ1) is 56.3. The van der Waals surface area contributed by atoms with Crippen molar-refractivity contribution >= 4 is 0 Å². The van der Waals surface area contributed by atoms with Gasteiger partial charge in [0.1, 0.15) is 0 Å². The molecule has 0 atom stereocenters.